The molecule has 0 aliphatic heterocycles. The number of anilines is 1. The molecule has 7 heteroatoms. The Labute approximate surface area is 108 Å². The summed E-state index contributed by atoms with van der Waals surface area (Å²) < 4.78 is 41.1. The summed E-state index contributed by atoms with van der Waals surface area (Å²) in [5, 5.41) is 7.36. The molecule has 0 spiro atoms. The second kappa shape index (κ2) is 4.25. The van der Waals surface area contributed by atoms with Gasteiger partial charge in [-0.1, -0.05) is 26.0 Å². The summed E-state index contributed by atoms with van der Waals surface area (Å²) in [6.45, 7) is 5.49. The van der Waals surface area contributed by atoms with Crippen molar-refractivity contribution in [2.45, 2.75) is 26.2 Å². The van der Waals surface area contributed by atoms with Gasteiger partial charge in [-0.3, -0.25) is 0 Å². The summed E-state index contributed by atoms with van der Waals surface area (Å²) in [5.41, 5.74) is 5.42. The van der Waals surface area contributed by atoms with Crippen molar-refractivity contribution in [1.82, 2.24) is 15.0 Å². The molecule has 1 aromatic carbocycles. The van der Waals surface area contributed by atoms with Crippen molar-refractivity contribution in [2.75, 3.05) is 5.73 Å². The fourth-order valence-corrected chi connectivity index (χ4v) is 1.84. The highest BCUT2D eigenvalue weighted by molar-refractivity contribution is 5.45. The topological polar surface area (TPSA) is 56.7 Å². The maximum atomic E-state index is 13.8. The SMILES string of the molecule is CC(C)(C)c1c(N)nnn1-c1ccc(F)c(F)c1F. The van der Waals surface area contributed by atoms with Crippen LogP contribution in [0, 0.1) is 17.5 Å². The molecule has 1 heterocycles. The van der Waals surface area contributed by atoms with Crippen LogP contribution in [0.5, 0.6) is 0 Å². The third kappa shape index (κ3) is 2.16. The van der Waals surface area contributed by atoms with Gasteiger partial charge in [0.05, 0.1) is 5.69 Å². The molecule has 0 aliphatic rings. The van der Waals surface area contributed by atoms with Crippen LogP contribution in [0.3, 0.4) is 0 Å². The van der Waals surface area contributed by atoms with Gasteiger partial charge in [0, 0.05) is 5.41 Å². The predicted octanol–water partition coefficient (Wildman–Crippen LogP) is 2.56. The second-order valence-electron chi connectivity index (χ2n) is 5.18. The Morgan fingerprint density at radius 3 is 2.32 bits per heavy atom. The maximum absolute atomic E-state index is 13.8. The van der Waals surface area contributed by atoms with Crippen LogP contribution in [-0.2, 0) is 5.41 Å². The third-order valence-corrected chi connectivity index (χ3v) is 2.65. The first-order chi connectivity index (χ1) is 8.73. The number of hydrogen-bond acceptors (Lipinski definition) is 3. The molecule has 0 fully saturated rings. The van der Waals surface area contributed by atoms with Crippen LogP contribution in [0.25, 0.3) is 5.69 Å². The van der Waals surface area contributed by atoms with Crippen molar-refractivity contribution in [3.05, 3.63) is 35.3 Å². The Morgan fingerprint density at radius 2 is 1.74 bits per heavy atom. The minimum Gasteiger partial charge on any atom is -0.381 e. The Hall–Kier alpha value is -2.05. The van der Waals surface area contributed by atoms with E-state index in [1.807, 2.05) is 20.8 Å². The van der Waals surface area contributed by atoms with Gasteiger partial charge in [-0.05, 0) is 12.1 Å². The van der Waals surface area contributed by atoms with Crippen molar-refractivity contribution in [2.24, 2.45) is 0 Å². The molecule has 0 saturated carbocycles. The van der Waals surface area contributed by atoms with Gasteiger partial charge in [0.1, 0.15) is 5.69 Å². The fraction of sp³-hybridized carbons (Fsp3) is 0.333. The second-order valence-corrected chi connectivity index (χ2v) is 5.18. The monoisotopic (exact) mass is 270 g/mol. The third-order valence-electron chi connectivity index (χ3n) is 2.65. The molecule has 0 aliphatic carbocycles. The number of aromatic nitrogens is 3. The highest BCUT2D eigenvalue weighted by Crippen LogP contribution is 2.29. The number of nitrogens with two attached hydrogens (primary N) is 1. The number of benzene rings is 1. The van der Waals surface area contributed by atoms with E-state index in [0.717, 1.165) is 16.8 Å². The van der Waals surface area contributed by atoms with Crippen LogP contribution >= 0.6 is 0 Å². The van der Waals surface area contributed by atoms with Crippen LogP contribution in [0.1, 0.15) is 26.5 Å². The van der Waals surface area contributed by atoms with E-state index in [2.05, 4.69) is 10.3 Å². The number of nitrogens with zero attached hydrogens (tertiary/aromatic N) is 3. The van der Waals surface area contributed by atoms with Gasteiger partial charge in [-0.25, -0.2) is 17.9 Å². The molecule has 0 radical (unpaired) electrons. The summed E-state index contributed by atoms with van der Waals surface area (Å²) in [6.07, 6.45) is 0. The van der Waals surface area contributed by atoms with Crippen LogP contribution in [0.2, 0.25) is 0 Å². The summed E-state index contributed by atoms with van der Waals surface area (Å²) in [5.74, 6) is -4.01. The van der Waals surface area contributed by atoms with Crippen LogP contribution in [0.15, 0.2) is 12.1 Å². The van der Waals surface area contributed by atoms with Gasteiger partial charge in [0.25, 0.3) is 0 Å². The molecule has 102 valence electrons. The molecule has 2 N–H and O–H groups in total. The summed E-state index contributed by atoms with van der Waals surface area (Å²) in [4.78, 5) is 0. The van der Waals surface area contributed by atoms with E-state index in [-0.39, 0.29) is 11.5 Å². The van der Waals surface area contributed by atoms with Crippen LogP contribution in [0.4, 0.5) is 19.0 Å². The molecule has 0 saturated heterocycles. The average Bonchev–Trinajstić information content (AvgIpc) is 2.68. The van der Waals surface area contributed by atoms with Gasteiger partial charge < -0.3 is 5.73 Å². The lowest BCUT2D eigenvalue weighted by Crippen LogP contribution is -2.20. The van der Waals surface area contributed by atoms with E-state index in [9.17, 15) is 13.2 Å². The van der Waals surface area contributed by atoms with Crippen molar-refractivity contribution >= 4 is 5.82 Å². The first-order valence-electron chi connectivity index (χ1n) is 5.59. The van der Waals surface area contributed by atoms with Crippen molar-refractivity contribution in [1.29, 1.82) is 0 Å². The quantitative estimate of drug-likeness (QED) is 0.810. The molecule has 2 rings (SSSR count). The molecule has 19 heavy (non-hydrogen) atoms. The number of hydrogen-bond donors (Lipinski definition) is 1. The summed E-state index contributed by atoms with van der Waals surface area (Å²) in [7, 11) is 0. The molecule has 0 unspecified atom stereocenters. The molecule has 0 amide bonds. The van der Waals surface area contributed by atoms with E-state index in [0.29, 0.717) is 5.69 Å². The zero-order chi connectivity index (χ0) is 14.4. The predicted molar refractivity (Wildman–Crippen MR) is 64.3 cm³/mol. The maximum Gasteiger partial charge on any atom is 0.196 e. The Bertz CT molecular complexity index is 629. The van der Waals surface area contributed by atoms with Crippen LogP contribution in [-0.4, -0.2) is 15.0 Å². The molecule has 0 atom stereocenters. The van der Waals surface area contributed by atoms with Gasteiger partial charge in [0.2, 0.25) is 0 Å². The zero-order valence-corrected chi connectivity index (χ0v) is 10.7. The van der Waals surface area contributed by atoms with E-state index in [1.165, 1.54) is 0 Å². The van der Waals surface area contributed by atoms with Crippen LogP contribution < -0.4 is 5.73 Å². The lowest BCUT2D eigenvalue weighted by atomic mass is 9.91. The summed E-state index contributed by atoms with van der Waals surface area (Å²) in [6, 6.07) is 1.93. The summed E-state index contributed by atoms with van der Waals surface area (Å²) >= 11 is 0. The van der Waals surface area contributed by atoms with E-state index >= 15 is 0 Å². The minimum absolute atomic E-state index is 0.122. The smallest absolute Gasteiger partial charge is 0.196 e. The van der Waals surface area contributed by atoms with E-state index < -0.39 is 22.9 Å². The van der Waals surface area contributed by atoms with Crippen molar-refractivity contribution in [3.8, 4) is 5.69 Å². The molecule has 2 aromatic rings. The first-order valence-corrected chi connectivity index (χ1v) is 5.59. The first kappa shape index (κ1) is 13.4. The average molecular weight is 270 g/mol. The molecule has 4 nitrogen and oxygen atoms in total. The standard InChI is InChI=1S/C12H13F3N4/c1-12(2,3)10-11(16)17-18-19(10)7-5-4-6(13)8(14)9(7)15/h4-5H,16H2,1-3H3. The zero-order valence-electron chi connectivity index (χ0n) is 10.7. The Kier molecular flexibility index (Phi) is 3.00. The normalized spacial score (nSPS) is 11.9. The molecule has 1 aromatic heterocycles. The Morgan fingerprint density at radius 1 is 1.11 bits per heavy atom. The lowest BCUT2D eigenvalue weighted by molar-refractivity contribution is 0.439. The van der Waals surface area contributed by atoms with Crippen molar-refractivity contribution in [3.63, 3.8) is 0 Å². The highest BCUT2D eigenvalue weighted by Gasteiger charge is 2.27. The van der Waals surface area contributed by atoms with Gasteiger partial charge in [0.15, 0.2) is 23.3 Å². The highest BCUT2D eigenvalue weighted by atomic mass is 19.2. The van der Waals surface area contributed by atoms with E-state index in [4.69, 9.17) is 5.73 Å². The van der Waals surface area contributed by atoms with E-state index in [1.54, 1.807) is 0 Å². The minimum atomic E-state index is -1.55. The Balaban J connectivity index is 2.71. The van der Waals surface area contributed by atoms with Gasteiger partial charge in [-0.15, -0.1) is 5.10 Å². The van der Waals surface area contributed by atoms with Gasteiger partial charge in [-0.2, -0.15) is 0 Å². The molecular formula is C12H13F3N4. The number of nitrogen functional groups attached to an aromatic ring is 1. The van der Waals surface area contributed by atoms with Gasteiger partial charge >= 0.3 is 0 Å². The largest absolute Gasteiger partial charge is 0.381 e. The number of halogens is 3. The molecule has 0 bridgehead atoms. The lowest BCUT2D eigenvalue weighted by Gasteiger charge is -2.20. The molecular weight excluding hydrogens is 257 g/mol. The number of rotatable bonds is 1. The van der Waals surface area contributed by atoms with Crippen molar-refractivity contribution < 1.29 is 13.2 Å². The fourth-order valence-electron chi connectivity index (χ4n) is 1.84.